The molecule has 3 aliphatic heterocycles. The van der Waals surface area contributed by atoms with Crippen LogP contribution in [-0.4, -0.2) is 99.4 Å². The first kappa shape index (κ1) is 54.1. The minimum absolute atomic E-state index is 0. The Labute approximate surface area is 431 Å². The number of halogens is 1. The highest BCUT2D eigenvalue weighted by molar-refractivity contribution is 7.13. The molecule has 2 fully saturated rings. The van der Waals surface area contributed by atoms with Crippen molar-refractivity contribution in [2.75, 3.05) is 11.4 Å². The quantitative estimate of drug-likeness (QED) is 0.0796. The number of nitrogens with zero attached hydrogens (tertiary/aromatic N) is 3. The molecule has 1 aliphatic carbocycles. The molecule has 7 atom stereocenters. The Morgan fingerprint density at radius 3 is 2.25 bits per heavy atom. The molecule has 18 heteroatoms. The number of nitrogens with two attached hydrogens (primary N) is 2. The van der Waals surface area contributed by atoms with E-state index >= 15 is 0 Å². The summed E-state index contributed by atoms with van der Waals surface area (Å²) in [6.45, 7) is 9.99. The normalized spacial score (nSPS) is 22.6. The molecule has 8 N–H and O–H groups in total. The minimum atomic E-state index is -0.900. The van der Waals surface area contributed by atoms with Gasteiger partial charge in [-0.2, -0.15) is 0 Å². The number of carbonyl (C=O) groups is 6. The van der Waals surface area contributed by atoms with Crippen LogP contribution in [-0.2, 0) is 65.9 Å². The van der Waals surface area contributed by atoms with Gasteiger partial charge in [-0.05, 0) is 97.1 Å². The van der Waals surface area contributed by atoms with Gasteiger partial charge in [0, 0.05) is 38.3 Å². The van der Waals surface area contributed by atoms with Crippen molar-refractivity contribution >= 4 is 64.9 Å². The van der Waals surface area contributed by atoms with Crippen molar-refractivity contribution in [1.29, 1.82) is 0 Å². The predicted molar refractivity (Wildman–Crippen MR) is 278 cm³/mol. The van der Waals surface area contributed by atoms with Crippen molar-refractivity contribution in [2.45, 2.75) is 148 Å². The average molecular weight is 1030 g/mol. The van der Waals surface area contributed by atoms with E-state index < -0.39 is 53.7 Å². The number of thiazole rings is 1. The molecule has 0 radical (unpaired) electrons. The van der Waals surface area contributed by atoms with Crippen LogP contribution >= 0.6 is 23.7 Å². The molecule has 4 aromatic rings. The predicted octanol–water partition coefficient (Wildman–Crippen LogP) is 4.80. The molecule has 0 unspecified atom stereocenters. The number of carbonyl (C=O) groups excluding carboxylic acids is 6. The second-order valence-electron chi connectivity index (χ2n) is 21.1. The standard InChI is InChI=1S/C54H68N8O8S.ClH/c1-30-47(71-29-58-30)37-15-13-33(14-16-37)26-57-50(66)43-25-40(63)27-61(43)53(69)48(54(3,4)5)60-49(65)39-22-35(23-39)21-32-9-11-34(12-10-32)28-70-31(2)42(19-20-45(56)64)59-51(67)44-24-38-8-6-7-36-17-18-41(55)52(68)62(44)46(36)38;/h6-16,29,31,35,39-44,48,63H,17-28,55H2,1-5H3,(H2,56,64)(H,57,66)(H,59,67)(H,60,65);1H/t31-,35?,39?,40-,41+,42+,43+,44+,48-;/m1./s1. The van der Waals surface area contributed by atoms with Gasteiger partial charge in [0.1, 0.15) is 18.1 Å². The Balaban J connectivity index is 0.00000760. The number of hydrogen-bond acceptors (Lipinski definition) is 11. The first-order valence-electron chi connectivity index (χ1n) is 24.9. The number of hydrogen-bond donors (Lipinski definition) is 6. The largest absolute Gasteiger partial charge is 0.391 e. The maximum Gasteiger partial charge on any atom is 0.246 e. The van der Waals surface area contributed by atoms with Gasteiger partial charge in [0.05, 0.1) is 52.7 Å². The van der Waals surface area contributed by atoms with Crippen LogP contribution in [0.2, 0.25) is 0 Å². The summed E-state index contributed by atoms with van der Waals surface area (Å²) in [6.07, 6.45) is 2.71. The zero-order valence-corrected chi connectivity index (χ0v) is 43.4. The number of benzene rings is 3. The molecule has 1 saturated heterocycles. The van der Waals surface area contributed by atoms with Gasteiger partial charge < -0.3 is 42.2 Å². The Morgan fingerprint density at radius 1 is 0.903 bits per heavy atom. The summed E-state index contributed by atoms with van der Waals surface area (Å²) >= 11 is 1.57. The lowest BCUT2D eigenvalue weighted by Gasteiger charge is -2.39. The highest BCUT2D eigenvalue weighted by atomic mass is 35.5. The summed E-state index contributed by atoms with van der Waals surface area (Å²) in [6, 6.07) is 18.1. The average Bonchev–Trinajstić information content (AvgIpc) is 4.04. The molecule has 1 saturated carbocycles. The summed E-state index contributed by atoms with van der Waals surface area (Å²) in [7, 11) is 0. The Morgan fingerprint density at radius 2 is 1.58 bits per heavy atom. The fraction of sp³-hybridized carbons (Fsp3) is 0.500. The number of primary amides is 1. The third-order valence-electron chi connectivity index (χ3n) is 14.7. The van der Waals surface area contributed by atoms with Gasteiger partial charge >= 0.3 is 0 Å². The van der Waals surface area contributed by atoms with Crippen molar-refractivity contribution in [2.24, 2.45) is 28.7 Å². The summed E-state index contributed by atoms with van der Waals surface area (Å²) in [4.78, 5) is 89.1. The van der Waals surface area contributed by atoms with E-state index in [2.05, 4.69) is 20.9 Å². The maximum absolute atomic E-state index is 14.2. The van der Waals surface area contributed by atoms with E-state index in [-0.39, 0.29) is 92.7 Å². The van der Waals surface area contributed by atoms with Gasteiger partial charge in [-0.15, -0.1) is 23.7 Å². The molecule has 4 heterocycles. The molecule has 4 aliphatic rings. The second kappa shape index (κ2) is 23.0. The number of amides is 6. The van der Waals surface area contributed by atoms with Crippen LogP contribution in [0.3, 0.4) is 0 Å². The van der Waals surface area contributed by atoms with Gasteiger partial charge in [-0.1, -0.05) is 87.5 Å². The number of aliphatic hydroxyl groups excluding tert-OH is 1. The molecule has 8 rings (SSSR count). The van der Waals surface area contributed by atoms with Gasteiger partial charge in [-0.3, -0.25) is 33.7 Å². The maximum atomic E-state index is 14.2. The van der Waals surface area contributed by atoms with Gasteiger partial charge in [0.15, 0.2) is 0 Å². The SMILES string of the molecule is Cc1ncsc1-c1ccc(CNC(=O)[C@@H]2C[C@@H](O)CN2C(=O)[C@@H](NC(=O)C2CC(Cc3ccc(CO[C@H](C)[C@H](CCC(N)=O)NC(=O)[C@@H]4Cc5cccc6c5N4C(=O)[C@@H](N)CC6)cc3)C2)C(C)(C)C)cc1.Cl. The molecule has 6 amide bonds. The zero-order chi connectivity index (χ0) is 50.7. The lowest BCUT2D eigenvalue weighted by Crippen LogP contribution is -2.59. The monoisotopic (exact) mass is 1020 g/mol. The number of nitrogens with one attached hydrogen (secondary N) is 3. The Kier molecular flexibility index (Phi) is 17.3. The summed E-state index contributed by atoms with van der Waals surface area (Å²) in [5.74, 6) is -2.01. The highest BCUT2D eigenvalue weighted by Gasteiger charge is 2.47. The van der Waals surface area contributed by atoms with Crippen molar-refractivity contribution in [1.82, 2.24) is 25.8 Å². The topological polar surface area (TPSA) is 239 Å². The number of ether oxygens (including phenoxy) is 1. The first-order chi connectivity index (χ1) is 33.8. The van der Waals surface area contributed by atoms with Crippen molar-refractivity contribution < 1.29 is 38.6 Å². The van der Waals surface area contributed by atoms with Crippen molar-refractivity contribution in [3.05, 3.63) is 106 Å². The van der Waals surface area contributed by atoms with Crippen LogP contribution in [0.1, 0.15) is 99.7 Å². The van der Waals surface area contributed by atoms with E-state index in [1.54, 1.807) is 16.2 Å². The lowest BCUT2D eigenvalue weighted by molar-refractivity contribution is -0.145. The fourth-order valence-electron chi connectivity index (χ4n) is 10.5. The molecule has 0 bridgehead atoms. The third kappa shape index (κ3) is 12.4. The number of aryl methyl sites for hydroxylation is 2. The molecular weight excluding hydrogens is 956 g/mol. The van der Waals surface area contributed by atoms with E-state index in [1.165, 1.54) is 4.90 Å². The Hall–Kier alpha value is -5.72. The van der Waals surface area contributed by atoms with E-state index in [0.29, 0.717) is 32.1 Å². The zero-order valence-electron chi connectivity index (χ0n) is 41.7. The number of aromatic nitrogens is 1. The molecular formula is C54H69ClN8O8S. The minimum Gasteiger partial charge on any atom is -0.391 e. The van der Waals surface area contributed by atoms with Crippen LogP contribution in [0.15, 0.2) is 72.2 Å². The van der Waals surface area contributed by atoms with E-state index in [0.717, 1.165) is 56.1 Å². The number of para-hydroxylation sites is 1. The number of β-amino-alcohol motifs (C(OH)–C–C–N with tert-alkyl or cyclic N) is 1. The molecule has 1 aromatic heterocycles. The van der Waals surface area contributed by atoms with Crippen LogP contribution in [0, 0.1) is 24.2 Å². The first-order valence-corrected chi connectivity index (χ1v) is 25.8. The fourth-order valence-corrected chi connectivity index (χ4v) is 11.3. The third-order valence-corrected chi connectivity index (χ3v) is 15.7. The molecule has 0 spiro atoms. The van der Waals surface area contributed by atoms with Crippen LogP contribution in [0.25, 0.3) is 10.4 Å². The second-order valence-corrected chi connectivity index (χ2v) is 21.9. The molecule has 72 heavy (non-hydrogen) atoms. The number of likely N-dealkylation sites (tertiary alicyclic amines) is 1. The number of anilines is 1. The summed E-state index contributed by atoms with van der Waals surface area (Å²) in [5, 5.41) is 19.8. The van der Waals surface area contributed by atoms with Crippen molar-refractivity contribution in [3.63, 3.8) is 0 Å². The molecule has 386 valence electrons. The molecule has 3 aromatic carbocycles. The lowest BCUT2D eigenvalue weighted by atomic mass is 9.71. The van der Waals surface area contributed by atoms with E-state index in [9.17, 15) is 33.9 Å². The Bertz CT molecular complexity index is 2620. The number of aliphatic hydroxyl groups is 1. The van der Waals surface area contributed by atoms with E-state index in [4.69, 9.17) is 16.2 Å². The van der Waals surface area contributed by atoms with E-state index in [1.807, 2.05) is 107 Å². The van der Waals surface area contributed by atoms with Gasteiger partial charge in [0.25, 0.3) is 0 Å². The highest BCUT2D eigenvalue weighted by Crippen LogP contribution is 2.40. The number of rotatable bonds is 18. The van der Waals surface area contributed by atoms with Crippen LogP contribution in [0.5, 0.6) is 0 Å². The van der Waals surface area contributed by atoms with Crippen molar-refractivity contribution in [3.8, 4) is 10.4 Å². The summed E-state index contributed by atoms with van der Waals surface area (Å²) < 4.78 is 6.28. The summed E-state index contributed by atoms with van der Waals surface area (Å²) in [5.41, 5.74) is 20.6. The van der Waals surface area contributed by atoms with Crippen LogP contribution < -0.4 is 32.3 Å². The molecule has 16 nitrogen and oxygen atoms in total. The smallest absolute Gasteiger partial charge is 0.246 e. The van der Waals surface area contributed by atoms with Gasteiger partial charge in [0.2, 0.25) is 35.4 Å². The van der Waals surface area contributed by atoms with Gasteiger partial charge in [-0.25, -0.2) is 4.98 Å². The van der Waals surface area contributed by atoms with Crippen LogP contribution in [0.4, 0.5) is 5.69 Å².